The number of nitrogens with one attached hydrogen (secondary N) is 1. The van der Waals surface area contributed by atoms with Crippen molar-refractivity contribution in [1.82, 2.24) is 0 Å². The van der Waals surface area contributed by atoms with Gasteiger partial charge >= 0.3 is 5.97 Å². The predicted octanol–water partition coefficient (Wildman–Crippen LogP) is 4.04. The quantitative estimate of drug-likeness (QED) is 0.615. The minimum Gasteiger partial charge on any atom is -0.478 e. The zero-order valence-corrected chi connectivity index (χ0v) is 14.5. The van der Waals surface area contributed by atoms with Crippen LogP contribution in [0.4, 0.5) is 17.1 Å². The second-order valence-corrected chi connectivity index (χ2v) is 6.59. The van der Waals surface area contributed by atoms with E-state index in [9.17, 15) is 14.7 Å². The van der Waals surface area contributed by atoms with Gasteiger partial charge in [0.1, 0.15) is 0 Å². The molecule has 27 heavy (non-hydrogen) atoms. The number of carboxylic acid groups (broad SMARTS) is 1. The summed E-state index contributed by atoms with van der Waals surface area (Å²) in [5.74, 6) is -1.17. The summed E-state index contributed by atoms with van der Waals surface area (Å²) in [6.07, 6.45) is 1.39. The van der Waals surface area contributed by atoms with Crippen LogP contribution in [0.3, 0.4) is 0 Å². The lowest BCUT2D eigenvalue weighted by Gasteiger charge is -2.12. The van der Waals surface area contributed by atoms with Crippen LogP contribution in [0.15, 0.2) is 60.7 Å². The van der Waals surface area contributed by atoms with Crippen LogP contribution in [-0.4, -0.2) is 16.9 Å². The fourth-order valence-electron chi connectivity index (χ4n) is 3.42. The van der Waals surface area contributed by atoms with Gasteiger partial charge < -0.3 is 16.2 Å². The molecule has 1 aliphatic rings. The Morgan fingerprint density at radius 2 is 1.70 bits per heavy atom. The van der Waals surface area contributed by atoms with Gasteiger partial charge in [-0.15, -0.1) is 0 Å². The van der Waals surface area contributed by atoms with Crippen LogP contribution in [0.2, 0.25) is 0 Å². The number of hydrogen-bond donors (Lipinski definition) is 3. The number of ketones is 1. The largest absolute Gasteiger partial charge is 0.478 e. The van der Waals surface area contributed by atoms with E-state index in [1.807, 2.05) is 36.4 Å². The molecule has 1 aliphatic carbocycles. The first-order valence-corrected chi connectivity index (χ1v) is 8.68. The molecule has 4 rings (SSSR count). The molecule has 134 valence electrons. The second-order valence-electron chi connectivity index (χ2n) is 6.59. The highest BCUT2D eigenvalue weighted by atomic mass is 16.4. The van der Waals surface area contributed by atoms with Crippen molar-refractivity contribution in [3.8, 4) is 0 Å². The van der Waals surface area contributed by atoms with Crippen LogP contribution >= 0.6 is 0 Å². The molecule has 0 bridgehead atoms. The van der Waals surface area contributed by atoms with Gasteiger partial charge in [0, 0.05) is 16.8 Å². The van der Waals surface area contributed by atoms with Crippen molar-refractivity contribution in [1.29, 1.82) is 0 Å². The Bertz CT molecular complexity index is 1070. The first-order chi connectivity index (χ1) is 13.0. The van der Waals surface area contributed by atoms with E-state index in [0.717, 1.165) is 22.5 Å². The number of carboxylic acids is 1. The highest BCUT2D eigenvalue weighted by Gasteiger charge is 2.22. The standard InChI is InChI=1S/C22H18N2O3/c23-19-3-1-2-4-20(19)24-16-9-10-17-14(11-16)7-5-13-6-8-15(22(26)27)12-18(13)21(17)25/h1-4,6,8-12,24H,5,7,23H2,(H,26,27). The van der Waals surface area contributed by atoms with E-state index in [4.69, 9.17) is 5.73 Å². The Morgan fingerprint density at radius 1 is 0.926 bits per heavy atom. The van der Waals surface area contributed by atoms with Gasteiger partial charge in [-0.3, -0.25) is 4.79 Å². The van der Waals surface area contributed by atoms with E-state index < -0.39 is 5.97 Å². The van der Waals surface area contributed by atoms with Gasteiger partial charge in [0.25, 0.3) is 0 Å². The average Bonchev–Trinajstić information content (AvgIpc) is 2.80. The van der Waals surface area contributed by atoms with E-state index >= 15 is 0 Å². The zero-order chi connectivity index (χ0) is 19.0. The SMILES string of the molecule is Nc1ccccc1Nc1ccc2c(c1)CCc1ccc(C(=O)O)cc1C2=O. The molecule has 3 aromatic carbocycles. The molecular formula is C22H18N2O3. The molecule has 4 N–H and O–H groups in total. The van der Waals surface area contributed by atoms with Crippen LogP contribution in [0, 0.1) is 0 Å². The van der Waals surface area contributed by atoms with E-state index in [1.54, 1.807) is 18.2 Å². The highest BCUT2D eigenvalue weighted by Crippen LogP contribution is 2.29. The lowest BCUT2D eigenvalue weighted by Crippen LogP contribution is -2.07. The maximum Gasteiger partial charge on any atom is 0.335 e. The molecule has 5 nitrogen and oxygen atoms in total. The number of anilines is 3. The van der Waals surface area contributed by atoms with Crippen molar-refractivity contribution in [3.63, 3.8) is 0 Å². The summed E-state index contributed by atoms with van der Waals surface area (Å²) >= 11 is 0. The summed E-state index contributed by atoms with van der Waals surface area (Å²) in [6, 6.07) is 17.9. The molecule has 3 aromatic rings. The number of rotatable bonds is 3. The minimum absolute atomic E-state index is 0.128. The molecule has 0 aliphatic heterocycles. The van der Waals surface area contributed by atoms with Crippen molar-refractivity contribution in [2.45, 2.75) is 12.8 Å². The summed E-state index contributed by atoms with van der Waals surface area (Å²) in [7, 11) is 0. The van der Waals surface area contributed by atoms with E-state index in [-0.39, 0.29) is 11.3 Å². The van der Waals surface area contributed by atoms with Gasteiger partial charge in [-0.1, -0.05) is 18.2 Å². The van der Waals surface area contributed by atoms with Crippen molar-refractivity contribution in [2.75, 3.05) is 11.1 Å². The molecule has 0 heterocycles. The Kier molecular flexibility index (Phi) is 4.12. The number of para-hydroxylation sites is 2. The summed E-state index contributed by atoms with van der Waals surface area (Å²) < 4.78 is 0. The molecule has 0 radical (unpaired) electrons. The van der Waals surface area contributed by atoms with Gasteiger partial charge in [-0.05, 0) is 66.4 Å². The lowest BCUT2D eigenvalue weighted by atomic mass is 9.97. The molecular weight excluding hydrogens is 340 g/mol. The maximum absolute atomic E-state index is 13.0. The maximum atomic E-state index is 13.0. The van der Waals surface area contributed by atoms with Gasteiger partial charge in [0.05, 0.1) is 16.9 Å². The number of benzene rings is 3. The summed E-state index contributed by atoms with van der Waals surface area (Å²) in [5.41, 5.74) is 11.3. The zero-order valence-electron chi connectivity index (χ0n) is 14.5. The fraction of sp³-hybridized carbons (Fsp3) is 0.0909. The molecule has 0 saturated heterocycles. The number of aryl methyl sites for hydroxylation is 2. The van der Waals surface area contributed by atoms with E-state index in [1.165, 1.54) is 6.07 Å². The summed E-state index contributed by atoms with van der Waals surface area (Å²) in [6.45, 7) is 0. The second kappa shape index (κ2) is 6.61. The number of carbonyl (C=O) groups is 2. The Morgan fingerprint density at radius 3 is 2.48 bits per heavy atom. The number of nitrogen functional groups attached to an aromatic ring is 1. The summed E-state index contributed by atoms with van der Waals surface area (Å²) in [4.78, 5) is 24.2. The van der Waals surface area contributed by atoms with Crippen molar-refractivity contribution in [2.24, 2.45) is 0 Å². The first kappa shape index (κ1) is 16.8. The van der Waals surface area contributed by atoms with E-state index in [2.05, 4.69) is 5.32 Å². The number of nitrogens with two attached hydrogens (primary N) is 1. The van der Waals surface area contributed by atoms with Crippen molar-refractivity contribution >= 4 is 28.8 Å². The highest BCUT2D eigenvalue weighted by molar-refractivity contribution is 6.12. The molecule has 0 spiro atoms. The number of hydrogen-bond acceptors (Lipinski definition) is 4. The van der Waals surface area contributed by atoms with E-state index in [0.29, 0.717) is 29.7 Å². The van der Waals surface area contributed by atoms with Crippen LogP contribution in [0.25, 0.3) is 0 Å². The third-order valence-electron chi connectivity index (χ3n) is 4.85. The molecule has 0 unspecified atom stereocenters. The van der Waals surface area contributed by atoms with Crippen molar-refractivity contribution in [3.05, 3.63) is 88.5 Å². The van der Waals surface area contributed by atoms with Gasteiger partial charge in [-0.2, -0.15) is 0 Å². The molecule has 0 fully saturated rings. The third kappa shape index (κ3) is 3.15. The predicted molar refractivity (Wildman–Crippen MR) is 105 cm³/mol. The Balaban J connectivity index is 1.70. The first-order valence-electron chi connectivity index (χ1n) is 8.68. The van der Waals surface area contributed by atoms with Crippen LogP contribution in [0.1, 0.15) is 37.4 Å². The summed E-state index contributed by atoms with van der Waals surface area (Å²) in [5, 5.41) is 12.5. The van der Waals surface area contributed by atoms with Gasteiger partial charge in [0.2, 0.25) is 0 Å². The van der Waals surface area contributed by atoms with Crippen LogP contribution < -0.4 is 11.1 Å². The number of aromatic carboxylic acids is 1. The molecule has 5 heteroatoms. The molecule has 0 saturated carbocycles. The molecule has 0 amide bonds. The monoisotopic (exact) mass is 358 g/mol. The minimum atomic E-state index is -1.03. The topological polar surface area (TPSA) is 92.4 Å². The van der Waals surface area contributed by atoms with Crippen molar-refractivity contribution < 1.29 is 14.7 Å². The Labute approximate surface area is 156 Å². The number of fused-ring (bicyclic) bond motifs is 2. The smallest absolute Gasteiger partial charge is 0.335 e. The molecule has 0 aromatic heterocycles. The van der Waals surface area contributed by atoms with Gasteiger partial charge in [0.15, 0.2) is 5.78 Å². The van der Waals surface area contributed by atoms with Crippen LogP contribution in [0.5, 0.6) is 0 Å². The van der Waals surface area contributed by atoms with Gasteiger partial charge in [-0.25, -0.2) is 4.79 Å². The normalized spacial score (nSPS) is 12.7. The Hall–Kier alpha value is -3.60. The number of carbonyl (C=O) groups excluding carboxylic acids is 1. The molecule has 0 atom stereocenters. The van der Waals surface area contributed by atoms with Crippen LogP contribution in [-0.2, 0) is 12.8 Å². The average molecular weight is 358 g/mol. The lowest BCUT2D eigenvalue weighted by molar-refractivity contribution is 0.0697. The fourth-order valence-corrected chi connectivity index (χ4v) is 3.42. The third-order valence-corrected chi connectivity index (χ3v) is 4.85.